The highest BCUT2D eigenvalue weighted by Gasteiger charge is 2.25. The maximum absolute atomic E-state index is 6.31. The summed E-state index contributed by atoms with van der Waals surface area (Å²) in [5.41, 5.74) is 9.23. The Labute approximate surface area is 180 Å². The highest BCUT2D eigenvalue weighted by molar-refractivity contribution is 5.97. The van der Waals surface area contributed by atoms with Crippen molar-refractivity contribution in [2.75, 3.05) is 52.7 Å². The molecule has 2 aromatic carbocycles. The topological polar surface area (TPSA) is 101 Å². The summed E-state index contributed by atoms with van der Waals surface area (Å²) in [6, 6.07) is 5.79. The molecule has 3 aromatic rings. The lowest BCUT2D eigenvalue weighted by Gasteiger charge is -2.30. The third kappa shape index (κ3) is 3.45. The smallest absolute Gasteiger partial charge is 0.228 e. The SMILES string of the molecule is COc1cc2c(cc1OC)CN(c1nc(N)c3cc(OC)c(OC)c(OC)c3n1)CC2. The molecule has 0 spiro atoms. The number of aromatic nitrogens is 2. The van der Waals surface area contributed by atoms with Crippen LogP contribution in [-0.4, -0.2) is 52.1 Å². The highest BCUT2D eigenvalue weighted by Crippen LogP contribution is 2.44. The maximum Gasteiger partial charge on any atom is 0.228 e. The minimum absolute atomic E-state index is 0.345. The van der Waals surface area contributed by atoms with E-state index in [4.69, 9.17) is 34.4 Å². The minimum atomic E-state index is 0.345. The zero-order valence-corrected chi connectivity index (χ0v) is 18.3. The second kappa shape index (κ2) is 8.25. The molecule has 164 valence electrons. The average molecular weight is 426 g/mol. The van der Waals surface area contributed by atoms with Crippen LogP contribution in [0.2, 0.25) is 0 Å². The number of hydrogen-bond acceptors (Lipinski definition) is 9. The summed E-state index contributed by atoms with van der Waals surface area (Å²) >= 11 is 0. The summed E-state index contributed by atoms with van der Waals surface area (Å²) in [6.07, 6.45) is 0.820. The lowest BCUT2D eigenvalue weighted by Crippen LogP contribution is -2.32. The molecule has 1 aliphatic heterocycles. The van der Waals surface area contributed by atoms with Gasteiger partial charge in [-0.1, -0.05) is 0 Å². The molecule has 4 rings (SSSR count). The van der Waals surface area contributed by atoms with Crippen molar-refractivity contribution >= 4 is 22.7 Å². The summed E-state index contributed by atoms with van der Waals surface area (Å²) in [4.78, 5) is 11.4. The van der Waals surface area contributed by atoms with Crippen molar-refractivity contribution in [2.24, 2.45) is 0 Å². The van der Waals surface area contributed by atoms with E-state index in [2.05, 4.69) is 9.88 Å². The van der Waals surface area contributed by atoms with E-state index in [0.29, 0.717) is 52.2 Å². The van der Waals surface area contributed by atoms with Crippen molar-refractivity contribution in [3.63, 3.8) is 0 Å². The number of nitrogens with two attached hydrogens (primary N) is 1. The number of nitrogen functional groups attached to an aromatic ring is 1. The third-order valence-electron chi connectivity index (χ3n) is 5.51. The van der Waals surface area contributed by atoms with Crippen molar-refractivity contribution in [2.45, 2.75) is 13.0 Å². The Kier molecular flexibility index (Phi) is 5.50. The quantitative estimate of drug-likeness (QED) is 0.637. The average Bonchev–Trinajstić information content (AvgIpc) is 2.81. The summed E-state index contributed by atoms with van der Waals surface area (Å²) in [5, 5.41) is 0.641. The molecule has 0 saturated heterocycles. The van der Waals surface area contributed by atoms with Gasteiger partial charge in [-0.2, -0.15) is 4.98 Å². The molecule has 9 nitrogen and oxygen atoms in total. The number of rotatable bonds is 6. The highest BCUT2D eigenvalue weighted by atomic mass is 16.5. The zero-order chi connectivity index (χ0) is 22.1. The second-order valence-corrected chi connectivity index (χ2v) is 7.10. The Morgan fingerprint density at radius 3 is 2.03 bits per heavy atom. The van der Waals surface area contributed by atoms with E-state index >= 15 is 0 Å². The molecule has 0 bridgehead atoms. The Bertz CT molecular complexity index is 1140. The van der Waals surface area contributed by atoms with Crippen molar-refractivity contribution in [3.05, 3.63) is 29.3 Å². The summed E-state index contributed by atoms with van der Waals surface area (Å²) in [5.74, 6) is 3.71. The van der Waals surface area contributed by atoms with E-state index in [1.54, 1.807) is 41.6 Å². The van der Waals surface area contributed by atoms with E-state index in [1.165, 1.54) is 5.56 Å². The molecule has 2 heterocycles. The summed E-state index contributed by atoms with van der Waals surface area (Å²) in [7, 11) is 7.95. The summed E-state index contributed by atoms with van der Waals surface area (Å²) in [6.45, 7) is 1.36. The number of hydrogen-bond donors (Lipinski definition) is 1. The lowest BCUT2D eigenvalue weighted by molar-refractivity contribution is 0.327. The Balaban J connectivity index is 1.79. The molecule has 0 unspecified atom stereocenters. The maximum atomic E-state index is 6.31. The first-order chi connectivity index (χ1) is 15.0. The van der Waals surface area contributed by atoms with Crippen molar-refractivity contribution in [3.8, 4) is 28.7 Å². The predicted octanol–water partition coefficient (Wildman–Crippen LogP) is 2.82. The molecular weight excluding hydrogens is 400 g/mol. The van der Waals surface area contributed by atoms with E-state index in [-0.39, 0.29) is 0 Å². The van der Waals surface area contributed by atoms with Crippen LogP contribution in [-0.2, 0) is 13.0 Å². The monoisotopic (exact) mass is 426 g/mol. The standard InChI is InChI=1S/C22H26N4O5/c1-27-15-8-12-6-7-26(11-13(12)9-16(15)28-2)22-24-18-14(21(23)25-22)10-17(29-3)19(30-4)20(18)31-5/h8-10H,6-7,11H2,1-5H3,(H2,23,24,25). The van der Waals surface area contributed by atoms with Crippen LogP contribution in [0.3, 0.4) is 0 Å². The number of benzene rings is 2. The molecule has 9 heteroatoms. The van der Waals surface area contributed by atoms with Gasteiger partial charge in [0.2, 0.25) is 11.7 Å². The van der Waals surface area contributed by atoms with E-state index in [0.717, 1.165) is 24.3 Å². The van der Waals surface area contributed by atoms with E-state index in [1.807, 2.05) is 12.1 Å². The van der Waals surface area contributed by atoms with Crippen molar-refractivity contribution in [1.29, 1.82) is 0 Å². The van der Waals surface area contributed by atoms with E-state index in [9.17, 15) is 0 Å². The number of nitrogens with zero attached hydrogens (tertiary/aromatic N) is 3. The van der Waals surface area contributed by atoms with Gasteiger partial charge in [0, 0.05) is 13.1 Å². The summed E-state index contributed by atoms with van der Waals surface area (Å²) < 4.78 is 27.4. The Hall–Kier alpha value is -3.62. The van der Waals surface area contributed by atoms with Gasteiger partial charge >= 0.3 is 0 Å². The van der Waals surface area contributed by atoms with Crippen LogP contribution in [0.5, 0.6) is 28.7 Å². The molecule has 0 radical (unpaired) electrons. The third-order valence-corrected chi connectivity index (χ3v) is 5.51. The fraction of sp³-hybridized carbons (Fsp3) is 0.364. The molecule has 1 aliphatic rings. The Morgan fingerprint density at radius 1 is 0.774 bits per heavy atom. The van der Waals surface area contributed by atoms with Gasteiger partial charge < -0.3 is 34.3 Å². The molecule has 0 fully saturated rings. The molecule has 0 amide bonds. The molecule has 2 N–H and O–H groups in total. The van der Waals surface area contributed by atoms with E-state index < -0.39 is 0 Å². The number of fused-ring (bicyclic) bond motifs is 2. The van der Waals surface area contributed by atoms with Gasteiger partial charge in [0.1, 0.15) is 11.3 Å². The lowest BCUT2D eigenvalue weighted by atomic mass is 9.99. The fourth-order valence-corrected chi connectivity index (χ4v) is 3.94. The van der Waals surface area contributed by atoms with Crippen LogP contribution in [0.4, 0.5) is 11.8 Å². The largest absolute Gasteiger partial charge is 0.493 e. The number of anilines is 2. The second-order valence-electron chi connectivity index (χ2n) is 7.10. The molecular formula is C22H26N4O5. The van der Waals surface area contributed by atoms with Crippen LogP contribution in [0.15, 0.2) is 18.2 Å². The van der Waals surface area contributed by atoms with Crippen LogP contribution in [0, 0.1) is 0 Å². The number of methoxy groups -OCH3 is 5. The fourth-order valence-electron chi connectivity index (χ4n) is 3.94. The van der Waals surface area contributed by atoms with Gasteiger partial charge in [-0.05, 0) is 35.7 Å². The first kappa shape index (κ1) is 20.6. The minimum Gasteiger partial charge on any atom is -0.493 e. The van der Waals surface area contributed by atoms with Crippen molar-refractivity contribution in [1.82, 2.24) is 9.97 Å². The van der Waals surface area contributed by atoms with Crippen LogP contribution >= 0.6 is 0 Å². The van der Waals surface area contributed by atoms with Gasteiger partial charge in [-0.15, -0.1) is 0 Å². The first-order valence-electron chi connectivity index (χ1n) is 9.79. The molecule has 1 aromatic heterocycles. The normalized spacial score (nSPS) is 13.0. The first-order valence-corrected chi connectivity index (χ1v) is 9.79. The molecule has 0 aliphatic carbocycles. The predicted molar refractivity (Wildman–Crippen MR) is 118 cm³/mol. The van der Waals surface area contributed by atoms with Gasteiger partial charge in [0.05, 0.1) is 40.9 Å². The van der Waals surface area contributed by atoms with Gasteiger partial charge in [0.25, 0.3) is 0 Å². The van der Waals surface area contributed by atoms with Crippen LogP contribution in [0.25, 0.3) is 10.9 Å². The van der Waals surface area contributed by atoms with Gasteiger partial charge in [0.15, 0.2) is 23.0 Å². The van der Waals surface area contributed by atoms with Crippen LogP contribution in [0.1, 0.15) is 11.1 Å². The molecule has 31 heavy (non-hydrogen) atoms. The van der Waals surface area contributed by atoms with Gasteiger partial charge in [-0.25, -0.2) is 4.98 Å². The Morgan fingerprint density at radius 2 is 1.42 bits per heavy atom. The van der Waals surface area contributed by atoms with Crippen LogP contribution < -0.4 is 34.3 Å². The zero-order valence-electron chi connectivity index (χ0n) is 18.3. The molecule has 0 saturated carbocycles. The van der Waals surface area contributed by atoms with Gasteiger partial charge in [-0.3, -0.25) is 0 Å². The van der Waals surface area contributed by atoms with Crippen molar-refractivity contribution < 1.29 is 23.7 Å². The molecule has 0 atom stereocenters. The number of ether oxygens (including phenoxy) is 5.